The van der Waals surface area contributed by atoms with Crippen LogP contribution in [0.15, 0.2) is 18.2 Å². The lowest BCUT2D eigenvalue weighted by Gasteiger charge is -2.15. The Bertz CT molecular complexity index is 630. The minimum absolute atomic E-state index is 0.0300. The normalized spacial score (nSPS) is 11.0. The van der Waals surface area contributed by atoms with Crippen LogP contribution in [-0.2, 0) is 13.6 Å². The number of aryl methyl sites for hydroxylation is 1. The summed E-state index contributed by atoms with van der Waals surface area (Å²) < 4.78 is 22.8. The van der Waals surface area contributed by atoms with Gasteiger partial charge in [-0.05, 0) is 45.7 Å². The molecule has 0 aliphatic rings. The number of hydrogen-bond acceptors (Lipinski definition) is 4. The number of benzene rings is 1. The van der Waals surface area contributed by atoms with Crippen molar-refractivity contribution in [2.45, 2.75) is 40.5 Å². The van der Waals surface area contributed by atoms with Crippen LogP contribution < -0.4 is 0 Å². The van der Waals surface area contributed by atoms with E-state index in [4.69, 9.17) is 9.05 Å². The highest BCUT2D eigenvalue weighted by Gasteiger charge is 2.22. The van der Waals surface area contributed by atoms with Gasteiger partial charge in [-0.3, -0.25) is 9.36 Å². The van der Waals surface area contributed by atoms with Crippen LogP contribution >= 0.6 is 7.60 Å². The Balaban J connectivity index is 2.63. The van der Waals surface area contributed by atoms with Crippen molar-refractivity contribution in [3.8, 4) is 11.8 Å². The van der Waals surface area contributed by atoms with Crippen LogP contribution in [0.2, 0.25) is 0 Å². The van der Waals surface area contributed by atoms with E-state index in [1.54, 1.807) is 20.8 Å². The first-order valence-corrected chi connectivity index (χ1v) is 9.63. The topological polar surface area (TPSA) is 52.6 Å². The molecule has 126 valence electrons. The zero-order valence-corrected chi connectivity index (χ0v) is 15.2. The molecule has 0 amide bonds. The van der Waals surface area contributed by atoms with Gasteiger partial charge in [-0.1, -0.05) is 24.0 Å². The summed E-state index contributed by atoms with van der Waals surface area (Å²) in [6, 6.07) is 5.53. The van der Waals surface area contributed by atoms with Gasteiger partial charge in [0.2, 0.25) is 0 Å². The van der Waals surface area contributed by atoms with Crippen LogP contribution in [0.1, 0.15) is 55.1 Å². The minimum Gasteiger partial charge on any atom is -0.309 e. The van der Waals surface area contributed by atoms with Gasteiger partial charge in [0, 0.05) is 17.5 Å². The van der Waals surface area contributed by atoms with E-state index in [1.807, 2.05) is 25.1 Å². The van der Waals surface area contributed by atoms with Gasteiger partial charge in [-0.25, -0.2) is 0 Å². The van der Waals surface area contributed by atoms with Gasteiger partial charge in [0.25, 0.3) is 0 Å². The lowest BCUT2D eigenvalue weighted by atomic mass is 10.0. The molecule has 0 N–H and O–H groups in total. The first-order chi connectivity index (χ1) is 10.9. The van der Waals surface area contributed by atoms with Crippen molar-refractivity contribution in [2.24, 2.45) is 0 Å². The van der Waals surface area contributed by atoms with E-state index in [9.17, 15) is 9.36 Å². The van der Waals surface area contributed by atoms with E-state index in [0.29, 0.717) is 37.8 Å². The zero-order valence-electron chi connectivity index (χ0n) is 14.3. The van der Waals surface area contributed by atoms with E-state index in [2.05, 4.69) is 11.8 Å². The average molecular weight is 336 g/mol. The largest absolute Gasteiger partial charge is 0.330 e. The molecule has 0 heterocycles. The number of Topliss-reactive ketones (excluding diaryl/α,β-unsaturated/α-hetero) is 1. The SMILES string of the molecule is CCOP(=O)(CCCC#Cc1cc(C(C)=O)ccc1C)OCC. The molecule has 0 unspecified atom stereocenters. The third kappa shape index (κ3) is 6.71. The third-order valence-corrected chi connectivity index (χ3v) is 5.42. The number of carbonyl (C=O) groups excluding carboxylic acids is 1. The molecular weight excluding hydrogens is 311 g/mol. The maximum absolute atomic E-state index is 12.3. The van der Waals surface area contributed by atoms with Crippen LogP contribution in [0.3, 0.4) is 0 Å². The summed E-state index contributed by atoms with van der Waals surface area (Å²) in [7, 11) is -2.97. The van der Waals surface area contributed by atoms with Gasteiger partial charge in [0.15, 0.2) is 5.78 Å². The Hall–Kier alpha value is -1.40. The molecule has 0 saturated carbocycles. The monoisotopic (exact) mass is 336 g/mol. The number of ketones is 1. The lowest BCUT2D eigenvalue weighted by Crippen LogP contribution is -2.00. The molecule has 5 heteroatoms. The smallest absolute Gasteiger partial charge is 0.309 e. The summed E-state index contributed by atoms with van der Waals surface area (Å²) in [6.45, 7) is 7.86. The molecular formula is C18H25O4P. The molecule has 23 heavy (non-hydrogen) atoms. The highest BCUT2D eigenvalue weighted by Crippen LogP contribution is 2.48. The van der Waals surface area contributed by atoms with Crippen molar-refractivity contribution in [2.75, 3.05) is 19.4 Å². The van der Waals surface area contributed by atoms with Crippen molar-refractivity contribution in [3.63, 3.8) is 0 Å². The summed E-state index contributed by atoms with van der Waals surface area (Å²) in [5, 5.41) is 0. The Kier molecular flexibility index (Phi) is 8.26. The summed E-state index contributed by atoms with van der Waals surface area (Å²) >= 11 is 0. The molecule has 0 spiro atoms. The molecule has 0 atom stereocenters. The maximum Gasteiger partial charge on any atom is 0.330 e. The van der Waals surface area contributed by atoms with Crippen LogP contribution in [-0.4, -0.2) is 25.2 Å². The van der Waals surface area contributed by atoms with Gasteiger partial charge < -0.3 is 9.05 Å². The lowest BCUT2D eigenvalue weighted by molar-refractivity contribution is 0.101. The summed E-state index contributed by atoms with van der Waals surface area (Å²) in [5.74, 6) is 6.19. The van der Waals surface area contributed by atoms with E-state index >= 15 is 0 Å². The second-order valence-corrected chi connectivity index (χ2v) is 7.35. The van der Waals surface area contributed by atoms with Crippen LogP contribution in [0.4, 0.5) is 0 Å². The molecule has 1 rings (SSSR count). The van der Waals surface area contributed by atoms with Crippen LogP contribution in [0.25, 0.3) is 0 Å². The molecule has 0 radical (unpaired) electrons. The molecule has 1 aromatic rings. The number of rotatable bonds is 8. The van der Waals surface area contributed by atoms with E-state index in [1.165, 1.54) is 0 Å². The Morgan fingerprint density at radius 3 is 2.43 bits per heavy atom. The Morgan fingerprint density at radius 1 is 1.22 bits per heavy atom. The summed E-state index contributed by atoms with van der Waals surface area (Å²) in [4.78, 5) is 11.4. The van der Waals surface area contributed by atoms with Crippen molar-refractivity contribution in [1.82, 2.24) is 0 Å². The molecule has 0 fully saturated rings. The van der Waals surface area contributed by atoms with Crippen molar-refractivity contribution in [1.29, 1.82) is 0 Å². The third-order valence-electron chi connectivity index (χ3n) is 3.25. The zero-order chi connectivity index (χ0) is 17.3. The second-order valence-electron chi connectivity index (χ2n) is 5.16. The first-order valence-electron chi connectivity index (χ1n) is 7.90. The van der Waals surface area contributed by atoms with Gasteiger partial charge in [-0.15, -0.1) is 0 Å². The standard InChI is InChI=1S/C18H25O4P/c1-5-21-23(20,22-6-2)13-9-7-8-10-17-14-18(16(4)19)12-11-15(17)3/h11-12,14H,5-7,9,13H2,1-4H3. The number of hydrogen-bond donors (Lipinski definition) is 0. The maximum atomic E-state index is 12.3. The summed E-state index contributed by atoms with van der Waals surface area (Å²) in [6.07, 6.45) is 1.62. The van der Waals surface area contributed by atoms with E-state index in [0.717, 1.165) is 11.1 Å². The fourth-order valence-corrected chi connectivity index (χ4v) is 3.72. The van der Waals surface area contributed by atoms with Crippen molar-refractivity contribution < 1.29 is 18.4 Å². The van der Waals surface area contributed by atoms with Gasteiger partial charge >= 0.3 is 7.60 Å². The minimum atomic E-state index is -2.97. The van der Waals surface area contributed by atoms with Gasteiger partial charge in [-0.2, -0.15) is 0 Å². The average Bonchev–Trinajstić information content (AvgIpc) is 2.49. The van der Waals surface area contributed by atoms with Crippen molar-refractivity contribution >= 4 is 13.4 Å². The van der Waals surface area contributed by atoms with Crippen LogP contribution in [0.5, 0.6) is 0 Å². The predicted molar refractivity (Wildman–Crippen MR) is 93.0 cm³/mol. The first kappa shape index (κ1) is 19.6. The van der Waals surface area contributed by atoms with E-state index in [-0.39, 0.29) is 5.78 Å². The second kappa shape index (κ2) is 9.67. The number of carbonyl (C=O) groups is 1. The Labute approximate surface area is 139 Å². The highest BCUT2D eigenvalue weighted by molar-refractivity contribution is 7.53. The van der Waals surface area contributed by atoms with E-state index < -0.39 is 7.60 Å². The van der Waals surface area contributed by atoms with Crippen molar-refractivity contribution in [3.05, 3.63) is 34.9 Å². The van der Waals surface area contributed by atoms with Gasteiger partial charge in [0.1, 0.15) is 0 Å². The summed E-state index contributed by atoms with van der Waals surface area (Å²) in [5.41, 5.74) is 2.56. The highest BCUT2D eigenvalue weighted by atomic mass is 31.2. The molecule has 0 aliphatic carbocycles. The van der Waals surface area contributed by atoms with Gasteiger partial charge in [0.05, 0.1) is 19.4 Å². The Morgan fingerprint density at radius 2 is 1.87 bits per heavy atom. The fraction of sp³-hybridized carbons (Fsp3) is 0.500. The quantitative estimate of drug-likeness (QED) is 0.301. The molecule has 0 bridgehead atoms. The fourth-order valence-electron chi connectivity index (χ4n) is 2.05. The predicted octanol–water partition coefficient (Wildman–Crippen LogP) is 4.60. The molecule has 0 aliphatic heterocycles. The molecule has 4 nitrogen and oxygen atoms in total. The molecule has 1 aromatic carbocycles. The van der Waals surface area contributed by atoms with Crippen LogP contribution in [0, 0.1) is 18.8 Å². The molecule has 0 saturated heterocycles. The molecule has 0 aromatic heterocycles. The number of unbranched alkanes of at least 4 members (excludes halogenated alkanes) is 1.